The summed E-state index contributed by atoms with van der Waals surface area (Å²) in [6.07, 6.45) is 2.30. The molecule has 2 N–H and O–H groups in total. The quantitative estimate of drug-likeness (QED) is 0.647. The zero-order valence-electron chi connectivity index (χ0n) is 7.13. The molecule has 0 aromatic heterocycles. The lowest BCUT2D eigenvalue weighted by Gasteiger charge is -2.30. The fraction of sp³-hybridized carbons (Fsp3) is 0.875. The molecule has 0 aromatic carbocycles. The van der Waals surface area contributed by atoms with Gasteiger partial charge in [0.1, 0.15) is 0 Å². The first-order chi connectivity index (χ1) is 5.74. The zero-order chi connectivity index (χ0) is 8.97. The van der Waals surface area contributed by atoms with Crippen molar-refractivity contribution in [1.29, 1.82) is 0 Å². The number of hydrogen-bond donors (Lipinski definition) is 1. The lowest BCUT2D eigenvalue weighted by atomic mass is 10.1. The lowest BCUT2D eigenvalue weighted by molar-refractivity contribution is -0.131. The van der Waals surface area contributed by atoms with E-state index in [1.165, 1.54) is 0 Å². The van der Waals surface area contributed by atoms with Gasteiger partial charge in [-0.15, -0.1) is 11.6 Å². The van der Waals surface area contributed by atoms with Crippen molar-refractivity contribution < 1.29 is 4.79 Å². The molecular formula is C8H15ClN2O. The van der Waals surface area contributed by atoms with E-state index in [9.17, 15) is 4.79 Å². The van der Waals surface area contributed by atoms with Gasteiger partial charge < -0.3 is 10.6 Å². The number of amides is 1. The summed E-state index contributed by atoms with van der Waals surface area (Å²) in [4.78, 5) is 13.2. The van der Waals surface area contributed by atoms with Gasteiger partial charge in [0.15, 0.2) is 0 Å². The Hall–Kier alpha value is -0.280. The van der Waals surface area contributed by atoms with Gasteiger partial charge in [-0.2, -0.15) is 0 Å². The molecule has 0 aromatic rings. The second kappa shape index (κ2) is 4.67. The van der Waals surface area contributed by atoms with Gasteiger partial charge in [0.05, 0.1) is 0 Å². The predicted molar refractivity (Wildman–Crippen MR) is 49.1 cm³/mol. The Balaban J connectivity index is 2.29. The van der Waals surface area contributed by atoms with E-state index < -0.39 is 0 Å². The molecule has 0 aliphatic carbocycles. The van der Waals surface area contributed by atoms with E-state index in [4.69, 9.17) is 17.3 Å². The normalized spacial score (nSPS) is 19.7. The van der Waals surface area contributed by atoms with Crippen LogP contribution in [0.2, 0.25) is 0 Å². The van der Waals surface area contributed by atoms with Crippen molar-refractivity contribution in [3.63, 3.8) is 0 Å². The Morgan fingerprint density at radius 2 is 2.08 bits per heavy atom. The molecule has 0 unspecified atom stereocenters. The third-order valence-electron chi connectivity index (χ3n) is 2.20. The minimum absolute atomic E-state index is 0.164. The Kier molecular flexibility index (Phi) is 3.82. The largest absolute Gasteiger partial charge is 0.343 e. The molecule has 4 heteroatoms. The topological polar surface area (TPSA) is 46.3 Å². The fourth-order valence-electron chi connectivity index (χ4n) is 1.39. The van der Waals surface area contributed by atoms with Crippen LogP contribution in [0.1, 0.15) is 19.3 Å². The average Bonchev–Trinajstić information content (AvgIpc) is 2.06. The number of halogens is 1. The highest BCUT2D eigenvalue weighted by molar-refractivity contribution is 6.18. The van der Waals surface area contributed by atoms with Crippen molar-refractivity contribution in [3.8, 4) is 0 Å². The van der Waals surface area contributed by atoms with Crippen LogP contribution in [0.5, 0.6) is 0 Å². The summed E-state index contributed by atoms with van der Waals surface area (Å²) in [5.74, 6) is 0.582. The summed E-state index contributed by atoms with van der Waals surface area (Å²) in [6, 6.07) is 0.282. The van der Waals surface area contributed by atoms with Gasteiger partial charge >= 0.3 is 0 Å². The second-order valence-electron chi connectivity index (χ2n) is 3.16. The van der Waals surface area contributed by atoms with E-state index in [2.05, 4.69) is 0 Å². The van der Waals surface area contributed by atoms with Gasteiger partial charge in [0, 0.05) is 31.4 Å². The maximum atomic E-state index is 11.3. The van der Waals surface area contributed by atoms with Crippen molar-refractivity contribution in [1.82, 2.24) is 4.90 Å². The number of carbonyl (C=O) groups excluding carboxylic acids is 1. The van der Waals surface area contributed by atoms with Crippen LogP contribution >= 0.6 is 11.6 Å². The van der Waals surface area contributed by atoms with E-state index in [1.807, 2.05) is 4.90 Å². The van der Waals surface area contributed by atoms with Crippen LogP contribution in [0.15, 0.2) is 0 Å². The van der Waals surface area contributed by atoms with Gasteiger partial charge in [-0.3, -0.25) is 4.79 Å². The molecule has 1 amide bonds. The molecule has 12 heavy (non-hydrogen) atoms. The average molecular weight is 191 g/mol. The van der Waals surface area contributed by atoms with Gasteiger partial charge in [-0.1, -0.05) is 0 Å². The molecule has 0 saturated carbocycles. The number of likely N-dealkylation sites (tertiary alicyclic amines) is 1. The number of hydrogen-bond acceptors (Lipinski definition) is 2. The summed E-state index contributed by atoms with van der Waals surface area (Å²) in [6.45, 7) is 1.60. The zero-order valence-corrected chi connectivity index (χ0v) is 7.89. The Morgan fingerprint density at radius 1 is 1.50 bits per heavy atom. The third-order valence-corrected chi connectivity index (χ3v) is 2.39. The maximum absolute atomic E-state index is 11.3. The molecule has 0 atom stereocenters. The number of alkyl halides is 1. The molecule has 1 saturated heterocycles. The molecule has 0 spiro atoms. The predicted octanol–water partition coefficient (Wildman–Crippen LogP) is 0.565. The Labute approximate surface area is 77.9 Å². The van der Waals surface area contributed by atoms with Gasteiger partial charge in [0.25, 0.3) is 0 Å². The number of nitrogens with zero attached hydrogens (tertiary/aromatic N) is 1. The minimum Gasteiger partial charge on any atom is -0.343 e. The molecule has 1 rings (SSSR count). The maximum Gasteiger partial charge on any atom is 0.223 e. The first-order valence-electron chi connectivity index (χ1n) is 4.33. The summed E-state index contributed by atoms with van der Waals surface area (Å²) >= 11 is 5.47. The van der Waals surface area contributed by atoms with Crippen molar-refractivity contribution in [2.75, 3.05) is 19.0 Å². The van der Waals surface area contributed by atoms with Crippen LogP contribution in [0, 0.1) is 0 Å². The van der Waals surface area contributed by atoms with E-state index in [-0.39, 0.29) is 11.9 Å². The van der Waals surface area contributed by atoms with Crippen molar-refractivity contribution in [2.45, 2.75) is 25.3 Å². The number of nitrogens with two attached hydrogens (primary N) is 1. The van der Waals surface area contributed by atoms with Crippen LogP contribution in [0.3, 0.4) is 0 Å². The Morgan fingerprint density at radius 3 is 2.58 bits per heavy atom. The Bertz CT molecular complexity index is 155. The molecule has 1 aliphatic rings. The first kappa shape index (κ1) is 9.81. The summed E-state index contributed by atoms with van der Waals surface area (Å²) in [7, 11) is 0. The molecule has 1 heterocycles. The highest BCUT2D eigenvalue weighted by atomic mass is 35.5. The van der Waals surface area contributed by atoms with Crippen molar-refractivity contribution >= 4 is 17.5 Å². The van der Waals surface area contributed by atoms with Gasteiger partial charge in [-0.25, -0.2) is 0 Å². The minimum atomic E-state index is 0.164. The van der Waals surface area contributed by atoms with Crippen LogP contribution in [0.25, 0.3) is 0 Å². The van der Waals surface area contributed by atoms with Crippen LogP contribution < -0.4 is 5.73 Å². The molecule has 1 fully saturated rings. The highest BCUT2D eigenvalue weighted by Crippen LogP contribution is 2.09. The molecule has 70 valence electrons. The van der Waals surface area contributed by atoms with Crippen molar-refractivity contribution in [2.24, 2.45) is 5.73 Å². The summed E-state index contributed by atoms with van der Waals surface area (Å²) in [5.41, 5.74) is 5.71. The fourth-order valence-corrected chi connectivity index (χ4v) is 1.55. The van der Waals surface area contributed by atoms with Crippen molar-refractivity contribution in [3.05, 3.63) is 0 Å². The lowest BCUT2D eigenvalue weighted by Crippen LogP contribution is -2.42. The summed E-state index contributed by atoms with van der Waals surface area (Å²) < 4.78 is 0. The number of carbonyl (C=O) groups is 1. The van der Waals surface area contributed by atoms with Gasteiger partial charge in [0.2, 0.25) is 5.91 Å². The van der Waals surface area contributed by atoms with E-state index in [0.717, 1.165) is 25.9 Å². The van der Waals surface area contributed by atoms with Gasteiger partial charge in [-0.05, 0) is 12.8 Å². The highest BCUT2D eigenvalue weighted by Gasteiger charge is 2.19. The number of rotatable bonds is 2. The van der Waals surface area contributed by atoms with E-state index in [0.29, 0.717) is 12.3 Å². The molecule has 0 bridgehead atoms. The van der Waals surface area contributed by atoms with E-state index in [1.54, 1.807) is 0 Å². The molecular weight excluding hydrogens is 176 g/mol. The van der Waals surface area contributed by atoms with Crippen LogP contribution in [-0.2, 0) is 4.79 Å². The third kappa shape index (κ3) is 2.64. The smallest absolute Gasteiger partial charge is 0.223 e. The standard InChI is InChI=1S/C8H15ClN2O/c9-4-1-8(12)11-5-2-7(10)3-6-11/h7H,1-6,10H2. The molecule has 0 radical (unpaired) electrons. The SMILES string of the molecule is NC1CCN(C(=O)CCCl)CC1. The molecule has 3 nitrogen and oxygen atoms in total. The monoisotopic (exact) mass is 190 g/mol. The second-order valence-corrected chi connectivity index (χ2v) is 3.54. The van der Waals surface area contributed by atoms with Crippen LogP contribution in [-0.4, -0.2) is 35.8 Å². The number of piperidine rings is 1. The summed E-state index contributed by atoms with van der Waals surface area (Å²) in [5, 5.41) is 0. The first-order valence-corrected chi connectivity index (χ1v) is 4.87. The van der Waals surface area contributed by atoms with Crippen LogP contribution in [0.4, 0.5) is 0 Å². The van der Waals surface area contributed by atoms with E-state index >= 15 is 0 Å². The molecule has 1 aliphatic heterocycles.